The predicted molar refractivity (Wildman–Crippen MR) is 140 cm³/mol. The monoisotopic (exact) mass is 404 g/mol. The molecule has 0 aliphatic carbocycles. The second kappa shape index (κ2) is 30.9. The van der Waals surface area contributed by atoms with E-state index in [9.17, 15) is 0 Å². The van der Waals surface area contributed by atoms with Crippen LogP contribution in [0.3, 0.4) is 0 Å². The van der Waals surface area contributed by atoms with Crippen molar-refractivity contribution in [2.75, 3.05) is 0 Å². The number of hydrogen-bond donors (Lipinski definition) is 0. The highest BCUT2D eigenvalue weighted by molar-refractivity contribution is 5.14. The molecule has 0 fully saturated rings. The molecule has 0 N–H and O–H groups in total. The van der Waals surface area contributed by atoms with Crippen LogP contribution in [0.4, 0.5) is 0 Å². The van der Waals surface area contributed by atoms with Crippen LogP contribution in [-0.4, -0.2) is 0 Å². The maximum atomic E-state index is 2.68. The minimum Gasteiger partial charge on any atom is -0.107 e. The summed E-state index contributed by atoms with van der Waals surface area (Å²) in [5.74, 6) is 5.36. The molecule has 0 spiro atoms. The Morgan fingerprint density at radius 2 is 0.633 bits per heavy atom. The Morgan fingerprint density at radius 3 is 0.767 bits per heavy atom. The number of hydrogen-bond acceptors (Lipinski definition) is 0. The van der Waals surface area contributed by atoms with E-state index in [1.807, 2.05) is 90.1 Å². The van der Waals surface area contributed by atoms with Crippen molar-refractivity contribution in [1.29, 1.82) is 0 Å². The van der Waals surface area contributed by atoms with Crippen molar-refractivity contribution in [2.24, 2.45) is 0 Å². The summed E-state index contributed by atoms with van der Waals surface area (Å²) in [5.41, 5.74) is 2.82. The van der Waals surface area contributed by atoms with E-state index in [4.69, 9.17) is 0 Å². The van der Waals surface area contributed by atoms with Gasteiger partial charge in [0.05, 0.1) is 0 Å². The SMILES string of the molecule is CC.CC.CC#CC.CCc1ccccc1.CCc1ccccc1.c1ccccc1. The summed E-state index contributed by atoms with van der Waals surface area (Å²) in [5, 5.41) is 0. The first-order valence-corrected chi connectivity index (χ1v) is 11.2. The minimum atomic E-state index is 1.14. The minimum absolute atomic E-state index is 1.14. The lowest BCUT2D eigenvalue weighted by Crippen LogP contribution is -1.73. The van der Waals surface area contributed by atoms with E-state index in [0.717, 1.165) is 12.8 Å². The van der Waals surface area contributed by atoms with Gasteiger partial charge in [0, 0.05) is 0 Å². The van der Waals surface area contributed by atoms with Gasteiger partial charge < -0.3 is 0 Å². The quantitative estimate of drug-likeness (QED) is 0.373. The topological polar surface area (TPSA) is 0 Å². The molecule has 0 unspecified atom stereocenters. The van der Waals surface area contributed by atoms with Crippen molar-refractivity contribution in [3.05, 3.63) is 108 Å². The number of aryl methyl sites for hydroxylation is 2. The zero-order valence-corrected chi connectivity index (χ0v) is 20.7. The maximum absolute atomic E-state index is 2.68. The van der Waals surface area contributed by atoms with Crippen LogP contribution < -0.4 is 0 Å². The first kappa shape index (κ1) is 31.9. The van der Waals surface area contributed by atoms with Gasteiger partial charge in [-0.3, -0.25) is 0 Å². The molecule has 3 rings (SSSR count). The Balaban J connectivity index is -0.000000314. The smallest absolute Gasteiger partial charge is 0.00271 e. The molecule has 0 heterocycles. The van der Waals surface area contributed by atoms with Gasteiger partial charge >= 0.3 is 0 Å². The first-order chi connectivity index (χ1) is 14.8. The van der Waals surface area contributed by atoms with E-state index in [1.165, 1.54) is 11.1 Å². The van der Waals surface area contributed by atoms with Crippen molar-refractivity contribution in [1.82, 2.24) is 0 Å². The second-order valence-corrected chi connectivity index (χ2v) is 5.33. The van der Waals surface area contributed by atoms with E-state index >= 15 is 0 Å². The lowest BCUT2D eigenvalue weighted by molar-refractivity contribution is 1.14. The van der Waals surface area contributed by atoms with E-state index in [0.29, 0.717) is 0 Å². The van der Waals surface area contributed by atoms with Crippen LogP contribution in [0.2, 0.25) is 0 Å². The van der Waals surface area contributed by atoms with Crippen molar-refractivity contribution in [2.45, 2.75) is 68.2 Å². The Morgan fingerprint density at radius 1 is 0.433 bits per heavy atom. The highest BCUT2D eigenvalue weighted by atomic mass is 13.9. The summed E-state index contributed by atoms with van der Waals surface area (Å²) < 4.78 is 0. The van der Waals surface area contributed by atoms with Gasteiger partial charge in [0.2, 0.25) is 0 Å². The van der Waals surface area contributed by atoms with Crippen LogP contribution in [0.25, 0.3) is 0 Å². The highest BCUT2D eigenvalue weighted by Gasteiger charge is 1.80. The fourth-order valence-corrected chi connectivity index (χ4v) is 1.81. The average molecular weight is 405 g/mol. The largest absolute Gasteiger partial charge is 0.107 e. The molecule has 0 heteroatoms. The van der Waals surface area contributed by atoms with Gasteiger partial charge in [-0.2, -0.15) is 0 Å². The lowest BCUT2D eigenvalue weighted by Gasteiger charge is -1.89. The van der Waals surface area contributed by atoms with E-state index in [1.54, 1.807) is 0 Å². The molecule has 0 aliphatic heterocycles. The molecule has 0 atom stereocenters. The molecule has 3 aromatic rings. The summed E-state index contributed by atoms with van der Waals surface area (Å²) in [4.78, 5) is 0. The Kier molecular flexibility index (Phi) is 32.9. The standard InChI is InChI=1S/2C8H10.C6H6.C4H6.2C2H6/c2*1-2-8-6-4-3-5-7-8;1-2-4-6-5-3-1;1-3-4-2;2*1-2/h2*3-7H,2H2,1H3;1-6H;1-2H3;2*1-2H3. The van der Waals surface area contributed by atoms with Crippen LogP contribution in [0.1, 0.15) is 66.5 Å². The zero-order valence-electron chi connectivity index (χ0n) is 20.7. The Labute approximate surface area is 188 Å². The molecule has 0 aliphatic rings. The lowest BCUT2D eigenvalue weighted by atomic mass is 10.2. The highest BCUT2D eigenvalue weighted by Crippen LogP contribution is 1.97. The van der Waals surface area contributed by atoms with E-state index < -0.39 is 0 Å². The van der Waals surface area contributed by atoms with Crippen molar-refractivity contribution in [3.8, 4) is 11.8 Å². The number of benzene rings is 3. The molecular weight excluding hydrogens is 360 g/mol. The summed E-state index contributed by atoms with van der Waals surface area (Å²) >= 11 is 0. The maximum Gasteiger partial charge on any atom is -0.00271 e. The molecule has 30 heavy (non-hydrogen) atoms. The van der Waals surface area contributed by atoms with E-state index in [2.05, 4.69) is 74.2 Å². The molecule has 0 radical (unpaired) electrons. The molecule has 0 bridgehead atoms. The molecule has 0 saturated heterocycles. The molecule has 0 amide bonds. The Hall–Kier alpha value is -2.78. The summed E-state index contributed by atoms with van der Waals surface area (Å²) in [6, 6.07) is 32.9. The first-order valence-electron chi connectivity index (χ1n) is 11.2. The van der Waals surface area contributed by atoms with Gasteiger partial charge in [0.15, 0.2) is 0 Å². The van der Waals surface area contributed by atoms with E-state index in [-0.39, 0.29) is 0 Å². The van der Waals surface area contributed by atoms with Gasteiger partial charge in [0.1, 0.15) is 0 Å². The second-order valence-electron chi connectivity index (χ2n) is 5.33. The third-order valence-electron chi connectivity index (χ3n) is 3.42. The van der Waals surface area contributed by atoms with Gasteiger partial charge in [-0.05, 0) is 37.8 Å². The fraction of sp³-hybridized carbons (Fsp3) is 0.333. The third-order valence-corrected chi connectivity index (χ3v) is 3.42. The van der Waals surface area contributed by atoms with Crippen LogP contribution in [0.15, 0.2) is 97.1 Å². The molecule has 3 aromatic carbocycles. The fourth-order valence-electron chi connectivity index (χ4n) is 1.81. The molecular formula is C30H44. The summed E-state index contributed by atoms with van der Waals surface area (Å²) in [7, 11) is 0. The zero-order chi connectivity index (χ0) is 23.3. The summed E-state index contributed by atoms with van der Waals surface area (Å²) in [6.07, 6.45) is 2.28. The Bertz CT molecular complexity index is 601. The van der Waals surface area contributed by atoms with Gasteiger partial charge in [-0.15, -0.1) is 11.8 Å². The number of rotatable bonds is 2. The van der Waals surface area contributed by atoms with Crippen molar-refractivity contribution < 1.29 is 0 Å². The molecule has 0 aromatic heterocycles. The molecule has 164 valence electrons. The van der Waals surface area contributed by atoms with Crippen LogP contribution in [-0.2, 0) is 12.8 Å². The third kappa shape index (κ3) is 25.2. The molecule has 0 nitrogen and oxygen atoms in total. The van der Waals surface area contributed by atoms with Gasteiger partial charge in [-0.25, -0.2) is 0 Å². The average Bonchev–Trinajstić information content (AvgIpc) is 2.89. The normalized spacial score (nSPS) is 7.33. The van der Waals surface area contributed by atoms with Crippen molar-refractivity contribution in [3.63, 3.8) is 0 Å². The van der Waals surface area contributed by atoms with Crippen LogP contribution >= 0.6 is 0 Å². The summed E-state index contributed by atoms with van der Waals surface area (Å²) in [6.45, 7) is 16.0. The van der Waals surface area contributed by atoms with Crippen LogP contribution in [0.5, 0.6) is 0 Å². The molecule has 0 saturated carbocycles. The van der Waals surface area contributed by atoms with Crippen molar-refractivity contribution >= 4 is 0 Å². The van der Waals surface area contributed by atoms with Gasteiger partial charge in [-0.1, -0.05) is 139 Å². The predicted octanol–water partition coefficient (Wildman–Crippen LogP) is 9.27. The van der Waals surface area contributed by atoms with Gasteiger partial charge in [0.25, 0.3) is 0 Å². The van der Waals surface area contributed by atoms with Crippen LogP contribution in [0, 0.1) is 11.8 Å².